The Morgan fingerprint density at radius 1 is 1.12 bits per heavy atom. The molecule has 0 radical (unpaired) electrons. The molecule has 6 heterocycles. The number of pyridine rings is 1. The van der Waals surface area contributed by atoms with Crippen LogP contribution >= 0.6 is 0 Å². The van der Waals surface area contributed by atoms with Gasteiger partial charge in [0.15, 0.2) is 11.6 Å². The Hall–Kier alpha value is -4.98. The van der Waals surface area contributed by atoms with Crippen LogP contribution in [-0.4, -0.2) is 92.3 Å². The molecule has 266 valence electrons. The molecule has 3 aliphatic heterocycles. The van der Waals surface area contributed by atoms with Crippen molar-refractivity contribution >= 4 is 33.4 Å². The molecule has 0 aliphatic carbocycles. The molecule has 5 aromatic rings. The Bertz CT molecular complexity index is 2150. The molecule has 0 amide bonds. The van der Waals surface area contributed by atoms with Gasteiger partial charge in [-0.05, 0) is 73.2 Å². The number of aryl methyl sites for hydroxylation is 1. The number of carbonyl (C=O) groups excluding carboxylic acids is 1. The minimum atomic E-state index is -0.949. The molecule has 3 aliphatic rings. The number of fused-ring (bicyclic) bond motifs is 3. The number of anilines is 1. The van der Waals surface area contributed by atoms with Gasteiger partial charge in [-0.2, -0.15) is 15.1 Å². The number of nitrogens with zero attached hydrogens (tertiary/aromatic N) is 7. The van der Waals surface area contributed by atoms with Crippen molar-refractivity contribution in [1.82, 2.24) is 29.6 Å². The first-order valence-electron chi connectivity index (χ1n) is 17.4. The molecule has 3 fully saturated rings. The molecular weight excluding hydrogens is 663 g/mol. The first-order valence-corrected chi connectivity index (χ1v) is 17.4. The van der Waals surface area contributed by atoms with Gasteiger partial charge in [-0.3, -0.25) is 14.7 Å². The predicted octanol–water partition coefficient (Wildman–Crippen LogP) is 6.11. The standard InChI is InChI=1S/C37H38F3N7O4/c1-3-26-29(39)6-5-22-13-24(48)14-27(30(22)26)32-31(40)33-28(17-41-32)34(44-36(43-33)51-20-37-9-4-10-46(37)18-23(38)15-37)45-11-7-21(8-12-45)35(49)47-19-25(50-2)16-42-47/h5-6,13-14,16-17,19,21,23,48H,3-4,7-12,15,18,20H2,1-2H3/t23-,37+/m1/s1. The zero-order valence-electron chi connectivity index (χ0n) is 28.4. The van der Waals surface area contributed by atoms with E-state index in [9.17, 15) is 14.3 Å². The lowest BCUT2D eigenvalue weighted by molar-refractivity contribution is 0.0795. The summed E-state index contributed by atoms with van der Waals surface area (Å²) >= 11 is 0. The normalized spacial score (nSPS) is 21.1. The summed E-state index contributed by atoms with van der Waals surface area (Å²) in [6.45, 7) is 3.97. The van der Waals surface area contributed by atoms with Gasteiger partial charge in [0.2, 0.25) is 5.91 Å². The first kappa shape index (κ1) is 33.2. The number of methoxy groups -OCH3 is 1. The minimum absolute atomic E-state index is 0.0525. The molecule has 14 heteroatoms. The summed E-state index contributed by atoms with van der Waals surface area (Å²) in [5.41, 5.74) is -0.0173. The van der Waals surface area contributed by atoms with Crippen LogP contribution in [0.5, 0.6) is 17.5 Å². The number of hydrogen-bond donors (Lipinski definition) is 1. The largest absolute Gasteiger partial charge is 0.508 e. The van der Waals surface area contributed by atoms with E-state index in [-0.39, 0.29) is 47.0 Å². The third kappa shape index (κ3) is 5.78. The van der Waals surface area contributed by atoms with Crippen molar-refractivity contribution < 1.29 is 32.5 Å². The van der Waals surface area contributed by atoms with Crippen LogP contribution < -0.4 is 14.4 Å². The van der Waals surface area contributed by atoms with E-state index in [4.69, 9.17) is 14.5 Å². The average molecular weight is 702 g/mol. The molecule has 0 bridgehead atoms. The van der Waals surface area contributed by atoms with Crippen LogP contribution in [0.4, 0.5) is 19.0 Å². The highest BCUT2D eigenvalue weighted by atomic mass is 19.1. The summed E-state index contributed by atoms with van der Waals surface area (Å²) in [5, 5.41) is 16.1. The number of benzene rings is 2. The molecule has 11 nitrogen and oxygen atoms in total. The molecule has 2 atom stereocenters. The Kier molecular flexibility index (Phi) is 8.44. The van der Waals surface area contributed by atoms with Crippen molar-refractivity contribution in [1.29, 1.82) is 0 Å². The molecule has 0 unspecified atom stereocenters. The highest BCUT2D eigenvalue weighted by Gasteiger charge is 2.49. The maximum Gasteiger partial charge on any atom is 0.319 e. The lowest BCUT2D eigenvalue weighted by atomic mass is 9.94. The molecule has 0 spiro atoms. The quantitative estimate of drug-likeness (QED) is 0.203. The molecular formula is C37H38F3N7O4. The van der Waals surface area contributed by atoms with E-state index in [1.807, 2.05) is 11.8 Å². The van der Waals surface area contributed by atoms with Crippen molar-refractivity contribution in [3.05, 3.63) is 60.1 Å². The number of phenolic OH excluding ortho intramolecular Hbond substituents is 1. The number of rotatable bonds is 8. The Balaban J connectivity index is 1.19. The number of piperidine rings is 1. The zero-order valence-corrected chi connectivity index (χ0v) is 28.4. The smallest absolute Gasteiger partial charge is 0.319 e. The highest BCUT2D eigenvalue weighted by Crippen LogP contribution is 2.42. The van der Waals surface area contributed by atoms with Gasteiger partial charge < -0.3 is 19.5 Å². The van der Waals surface area contributed by atoms with Crippen molar-refractivity contribution in [3.63, 3.8) is 0 Å². The van der Waals surface area contributed by atoms with E-state index in [2.05, 4.69) is 20.0 Å². The first-order chi connectivity index (χ1) is 24.7. The van der Waals surface area contributed by atoms with Crippen LogP contribution in [0.1, 0.15) is 49.4 Å². The Labute approximate surface area is 292 Å². The van der Waals surface area contributed by atoms with E-state index >= 15 is 8.78 Å². The number of alkyl halides is 1. The number of ether oxygens (including phenoxy) is 2. The van der Waals surface area contributed by atoms with Gasteiger partial charge in [0, 0.05) is 43.7 Å². The second kappa shape index (κ2) is 13.0. The maximum atomic E-state index is 16.9. The Morgan fingerprint density at radius 2 is 1.94 bits per heavy atom. The maximum absolute atomic E-state index is 16.9. The zero-order chi connectivity index (χ0) is 35.4. The van der Waals surface area contributed by atoms with E-state index in [0.29, 0.717) is 78.6 Å². The van der Waals surface area contributed by atoms with E-state index in [0.717, 1.165) is 19.4 Å². The molecule has 0 saturated carbocycles. The number of aromatic nitrogens is 5. The van der Waals surface area contributed by atoms with E-state index in [1.165, 1.54) is 42.4 Å². The van der Waals surface area contributed by atoms with Gasteiger partial charge >= 0.3 is 6.01 Å². The average Bonchev–Trinajstić information content (AvgIpc) is 3.85. The third-order valence-electron chi connectivity index (χ3n) is 10.8. The summed E-state index contributed by atoms with van der Waals surface area (Å²) < 4.78 is 59.2. The van der Waals surface area contributed by atoms with Crippen LogP contribution in [0.2, 0.25) is 0 Å². The number of aromatic hydroxyl groups is 1. The number of halogens is 3. The van der Waals surface area contributed by atoms with Crippen LogP contribution in [0.25, 0.3) is 32.9 Å². The summed E-state index contributed by atoms with van der Waals surface area (Å²) in [5.74, 6) is -0.880. The van der Waals surface area contributed by atoms with E-state index < -0.39 is 23.3 Å². The molecule has 51 heavy (non-hydrogen) atoms. The number of hydrogen-bond acceptors (Lipinski definition) is 10. The molecule has 3 saturated heterocycles. The van der Waals surface area contributed by atoms with Gasteiger partial charge in [0.05, 0.1) is 30.4 Å². The van der Waals surface area contributed by atoms with Crippen LogP contribution in [-0.2, 0) is 6.42 Å². The molecule has 1 N–H and O–H groups in total. The van der Waals surface area contributed by atoms with Crippen LogP contribution in [0.15, 0.2) is 42.9 Å². The third-order valence-corrected chi connectivity index (χ3v) is 10.8. The highest BCUT2D eigenvalue weighted by molar-refractivity contribution is 6.01. The van der Waals surface area contributed by atoms with Gasteiger partial charge in [-0.25, -0.2) is 17.9 Å². The van der Waals surface area contributed by atoms with Gasteiger partial charge in [-0.1, -0.05) is 13.0 Å². The summed E-state index contributed by atoms with van der Waals surface area (Å²) in [4.78, 5) is 31.2. The SMILES string of the molecule is CCc1c(F)ccc2cc(O)cc(-c3ncc4c(N5CCC(C(=O)n6cc(OC)cn6)CC5)nc(OC[C@@]56CCCN5C[C@H](F)C6)nc4c3F)c12. The number of phenols is 1. The topological polar surface area (TPSA) is 119 Å². The fraction of sp³-hybridized carbons (Fsp3) is 0.432. The second-order valence-electron chi connectivity index (χ2n) is 13.8. The molecule has 8 rings (SSSR count). The van der Waals surface area contributed by atoms with E-state index in [1.54, 1.807) is 12.3 Å². The second-order valence-corrected chi connectivity index (χ2v) is 13.8. The molecule has 3 aromatic heterocycles. The van der Waals surface area contributed by atoms with Crippen LogP contribution in [0.3, 0.4) is 0 Å². The van der Waals surface area contributed by atoms with Crippen molar-refractivity contribution in [2.24, 2.45) is 5.92 Å². The number of carbonyl (C=O) groups is 1. The summed E-state index contributed by atoms with van der Waals surface area (Å²) in [6.07, 6.45) is 6.96. The minimum Gasteiger partial charge on any atom is -0.508 e. The lowest BCUT2D eigenvalue weighted by Gasteiger charge is -2.33. The van der Waals surface area contributed by atoms with Crippen molar-refractivity contribution in [2.45, 2.75) is 57.2 Å². The summed E-state index contributed by atoms with van der Waals surface area (Å²) in [7, 11) is 1.51. The fourth-order valence-electron chi connectivity index (χ4n) is 8.25. The van der Waals surface area contributed by atoms with Gasteiger partial charge in [0.1, 0.15) is 41.4 Å². The monoisotopic (exact) mass is 701 g/mol. The van der Waals surface area contributed by atoms with Crippen molar-refractivity contribution in [2.75, 3.05) is 44.8 Å². The van der Waals surface area contributed by atoms with Gasteiger partial charge in [-0.15, -0.1) is 0 Å². The van der Waals surface area contributed by atoms with Gasteiger partial charge in [0.25, 0.3) is 0 Å². The lowest BCUT2D eigenvalue weighted by Crippen LogP contribution is -2.43. The Morgan fingerprint density at radius 3 is 2.71 bits per heavy atom. The predicted molar refractivity (Wildman–Crippen MR) is 184 cm³/mol. The summed E-state index contributed by atoms with van der Waals surface area (Å²) in [6, 6.07) is 5.72. The molecule has 2 aromatic carbocycles. The fourth-order valence-corrected chi connectivity index (χ4v) is 8.25. The van der Waals surface area contributed by atoms with Crippen LogP contribution in [0, 0.1) is 17.6 Å². The van der Waals surface area contributed by atoms with Crippen molar-refractivity contribution in [3.8, 4) is 28.8 Å².